The minimum Gasteiger partial charge on any atom is -0.444 e. The Balaban J connectivity index is 3.46. The zero-order valence-corrected chi connectivity index (χ0v) is 23.2. The number of nitrogens with zero attached hydrogens (tertiary/aromatic N) is 2. The lowest BCUT2D eigenvalue weighted by Crippen LogP contribution is -2.55. The summed E-state index contributed by atoms with van der Waals surface area (Å²) in [5, 5.41) is 15.3. The first-order valence-electron chi connectivity index (χ1n) is 12.9. The minimum atomic E-state index is -1.01. The van der Waals surface area contributed by atoms with Gasteiger partial charge in [-0.3, -0.25) is 9.59 Å². The minimum absolute atomic E-state index is 0.251. The number of benzene rings is 1. The quantitative estimate of drug-likeness (QED) is 0.312. The number of amides is 3. The highest BCUT2D eigenvalue weighted by Gasteiger charge is 2.38. The molecule has 2 N–H and O–H groups in total. The molecule has 1 aromatic rings. The molecule has 0 fully saturated rings. The number of unbranched alkanes of at least 4 members (excludes halogenated alkanes) is 2. The van der Waals surface area contributed by atoms with E-state index in [0.717, 1.165) is 30.4 Å². The van der Waals surface area contributed by atoms with E-state index < -0.39 is 29.7 Å². The molecular formula is C28H44N4O4. The molecule has 0 aliphatic carbocycles. The van der Waals surface area contributed by atoms with Gasteiger partial charge in [0.2, 0.25) is 11.8 Å². The molecule has 8 nitrogen and oxygen atoms in total. The number of alkyl carbamates (subject to hydrolysis) is 1. The van der Waals surface area contributed by atoms with Crippen molar-refractivity contribution in [1.29, 1.82) is 5.26 Å². The van der Waals surface area contributed by atoms with Crippen LogP contribution in [0.25, 0.3) is 0 Å². The maximum Gasteiger partial charge on any atom is 0.408 e. The van der Waals surface area contributed by atoms with Gasteiger partial charge in [-0.1, -0.05) is 63.8 Å². The van der Waals surface area contributed by atoms with Gasteiger partial charge in [0.25, 0.3) is 0 Å². The third kappa shape index (κ3) is 9.52. The highest BCUT2D eigenvalue weighted by Crippen LogP contribution is 2.27. The molecule has 0 aliphatic rings. The number of carbonyl (C=O) groups excluding carboxylic acids is 3. The van der Waals surface area contributed by atoms with Crippen molar-refractivity contribution in [2.45, 2.75) is 98.8 Å². The third-order valence-electron chi connectivity index (χ3n) is 6.03. The Hall–Kier alpha value is -3.08. The van der Waals surface area contributed by atoms with Crippen LogP contribution in [0.2, 0.25) is 0 Å². The summed E-state index contributed by atoms with van der Waals surface area (Å²) in [6.07, 6.45) is 2.70. The largest absolute Gasteiger partial charge is 0.444 e. The number of nitriles is 1. The van der Waals surface area contributed by atoms with E-state index in [4.69, 9.17) is 4.74 Å². The van der Waals surface area contributed by atoms with Crippen LogP contribution in [-0.4, -0.2) is 47.5 Å². The molecule has 3 atom stereocenters. The molecule has 0 aliphatic heterocycles. The maximum atomic E-state index is 13.9. The summed E-state index contributed by atoms with van der Waals surface area (Å²) in [5.41, 5.74) is 1.79. The first-order valence-corrected chi connectivity index (χ1v) is 12.9. The average molecular weight is 501 g/mol. The van der Waals surface area contributed by atoms with Crippen LogP contribution >= 0.6 is 0 Å². The lowest BCUT2D eigenvalue weighted by atomic mass is 9.93. The average Bonchev–Trinajstić information content (AvgIpc) is 2.79. The fraction of sp³-hybridized carbons (Fsp3) is 0.643. The van der Waals surface area contributed by atoms with E-state index in [2.05, 4.69) is 17.6 Å². The Morgan fingerprint density at radius 1 is 1.14 bits per heavy atom. The molecule has 3 unspecified atom stereocenters. The van der Waals surface area contributed by atoms with Crippen LogP contribution in [-0.2, 0) is 14.3 Å². The zero-order valence-electron chi connectivity index (χ0n) is 23.2. The Labute approximate surface area is 216 Å². The Kier molecular flexibility index (Phi) is 12.4. The molecule has 0 bridgehead atoms. The van der Waals surface area contributed by atoms with E-state index >= 15 is 0 Å². The lowest BCUT2D eigenvalue weighted by molar-refractivity contribution is -0.142. The summed E-state index contributed by atoms with van der Waals surface area (Å²) in [6.45, 7) is 15.1. The van der Waals surface area contributed by atoms with E-state index in [1.54, 1.807) is 20.8 Å². The summed E-state index contributed by atoms with van der Waals surface area (Å²) >= 11 is 0. The summed E-state index contributed by atoms with van der Waals surface area (Å²) in [4.78, 5) is 41.3. The molecule has 3 amide bonds. The van der Waals surface area contributed by atoms with Gasteiger partial charge < -0.3 is 20.3 Å². The molecule has 1 aromatic carbocycles. The van der Waals surface area contributed by atoms with Gasteiger partial charge in [0, 0.05) is 6.54 Å². The molecule has 0 spiro atoms. The number of carbonyl (C=O) groups is 3. The van der Waals surface area contributed by atoms with E-state index in [1.165, 1.54) is 4.90 Å². The van der Waals surface area contributed by atoms with Gasteiger partial charge in [0.1, 0.15) is 24.2 Å². The van der Waals surface area contributed by atoms with Crippen molar-refractivity contribution >= 4 is 17.9 Å². The van der Waals surface area contributed by atoms with Crippen LogP contribution in [0.3, 0.4) is 0 Å². The standard InChI is InChI=1S/C28H44N4O4/c1-9-11-12-16-30-25(33)24(22-14-13-19(3)18-21(22)5)32(17-15-29)26(34)23(20(4)10-2)31-27(35)36-28(6,7)8/h13-14,18,20,23-24H,9-12,16-17H2,1-8H3,(H,30,33)(H,31,35). The highest BCUT2D eigenvalue weighted by molar-refractivity contribution is 5.92. The number of ether oxygens (including phenoxy) is 1. The molecular weight excluding hydrogens is 456 g/mol. The third-order valence-corrected chi connectivity index (χ3v) is 6.03. The van der Waals surface area contributed by atoms with Gasteiger partial charge in [0.15, 0.2) is 0 Å². The fourth-order valence-corrected chi connectivity index (χ4v) is 3.94. The number of aryl methyl sites for hydroxylation is 2. The summed E-state index contributed by atoms with van der Waals surface area (Å²) in [7, 11) is 0. The van der Waals surface area contributed by atoms with Crippen molar-refractivity contribution in [1.82, 2.24) is 15.5 Å². The monoisotopic (exact) mass is 500 g/mol. The van der Waals surface area contributed by atoms with Crippen molar-refractivity contribution in [3.05, 3.63) is 34.9 Å². The second kappa shape index (κ2) is 14.5. The van der Waals surface area contributed by atoms with Crippen molar-refractivity contribution < 1.29 is 19.1 Å². The van der Waals surface area contributed by atoms with Gasteiger partial charge in [-0.2, -0.15) is 5.26 Å². The lowest BCUT2D eigenvalue weighted by Gasteiger charge is -2.35. The van der Waals surface area contributed by atoms with Crippen LogP contribution in [0.5, 0.6) is 0 Å². The van der Waals surface area contributed by atoms with Crippen molar-refractivity contribution in [3.63, 3.8) is 0 Å². The Bertz CT molecular complexity index is 932. The second-order valence-electron chi connectivity index (χ2n) is 10.4. The number of hydrogen-bond donors (Lipinski definition) is 2. The van der Waals surface area contributed by atoms with Gasteiger partial charge in [-0.05, 0) is 58.1 Å². The van der Waals surface area contributed by atoms with Crippen LogP contribution < -0.4 is 10.6 Å². The number of rotatable bonds is 12. The van der Waals surface area contributed by atoms with Crippen LogP contribution in [0, 0.1) is 31.1 Å². The first kappa shape index (κ1) is 31.0. The Morgan fingerprint density at radius 3 is 2.33 bits per heavy atom. The van der Waals surface area contributed by atoms with Crippen LogP contribution in [0.1, 0.15) is 90.0 Å². The predicted octanol–water partition coefficient (Wildman–Crippen LogP) is 4.94. The van der Waals surface area contributed by atoms with Gasteiger partial charge in [-0.15, -0.1) is 0 Å². The summed E-state index contributed by atoms with van der Waals surface area (Å²) in [5.74, 6) is -1.09. The van der Waals surface area contributed by atoms with E-state index in [1.807, 2.05) is 52.0 Å². The van der Waals surface area contributed by atoms with Crippen LogP contribution in [0.4, 0.5) is 4.79 Å². The predicted molar refractivity (Wildman–Crippen MR) is 141 cm³/mol. The fourth-order valence-electron chi connectivity index (χ4n) is 3.94. The number of hydrogen-bond acceptors (Lipinski definition) is 5. The molecule has 0 saturated heterocycles. The van der Waals surface area contributed by atoms with Crippen LogP contribution in [0.15, 0.2) is 18.2 Å². The normalized spacial score (nSPS) is 13.6. The number of nitrogens with one attached hydrogen (secondary N) is 2. The van der Waals surface area contributed by atoms with Gasteiger partial charge in [-0.25, -0.2) is 4.79 Å². The molecule has 0 aromatic heterocycles. The van der Waals surface area contributed by atoms with E-state index in [9.17, 15) is 19.6 Å². The topological polar surface area (TPSA) is 112 Å². The Morgan fingerprint density at radius 2 is 1.81 bits per heavy atom. The highest BCUT2D eigenvalue weighted by atomic mass is 16.6. The van der Waals surface area contributed by atoms with Gasteiger partial charge in [0.05, 0.1) is 6.07 Å². The molecule has 0 saturated carbocycles. The molecule has 0 radical (unpaired) electrons. The summed E-state index contributed by atoms with van der Waals surface area (Å²) < 4.78 is 5.39. The van der Waals surface area contributed by atoms with Crippen molar-refractivity contribution in [3.8, 4) is 6.07 Å². The SMILES string of the molecule is CCCCCNC(=O)C(c1ccc(C)cc1C)N(CC#N)C(=O)C(NC(=O)OC(C)(C)C)C(C)CC. The first-order chi connectivity index (χ1) is 16.9. The van der Waals surface area contributed by atoms with Gasteiger partial charge >= 0.3 is 6.09 Å². The van der Waals surface area contributed by atoms with Crippen molar-refractivity contribution in [2.24, 2.45) is 5.92 Å². The zero-order chi connectivity index (χ0) is 27.5. The molecule has 0 heterocycles. The van der Waals surface area contributed by atoms with Crippen molar-refractivity contribution in [2.75, 3.05) is 13.1 Å². The second-order valence-corrected chi connectivity index (χ2v) is 10.4. The van der Waals surface area contributed by atoms with E-state index in [0.29, 0.717) is 18.5 Å². The van der Waals surface area contributed by atoms with E-state index in [-0.39, 0.29) is 18.4 Å². The molecule has 200 valence electrons. The molecule has 8 heteroatoms. The molecule has 36 heavy (non-hydrogen) atoms. The molecule has 1 rings (SSSR count). The maximum absolute atomic E-state index is 13.9. The summed E-state index contributed by atoms with van der Waals surface area (Å²) in [6, 6.07) is 5.75. The smallest absolute Gasteiger partial charge is 0.408 e.